The lowest BCUT2D eigenvalue weighted by Gasteiger charge is -2.43. The fourth-order valence-corrected chi connectivity index (χ4v) is 4.45. The van der Waals surface area contributed by atoms with Gasteiger partial charge in [0.15, 0.2) is 0 Å². The van der Waals surface area contributed by atoms with E-state index in [1.54, 1.807) is 4.57 Å². The molecule has 0 bridgehead atoms. The topological polar surface area (TPSA) is 57.5 Å². The third-order valence-corrected chi connectivity index (χ3v) is 8.55. The molecule has 37 heavy (non-hydrogen) atoms. The first-order chi connectivity index (χ1) is 17.0. The van der Waals surface area contributed by atoms with Gasteiger partial charge in [0.05, 0.1) is 10.9 Å². The summed E-state index contributed by atoms with van der Waals surface area (Å²) in [5.74, 6) is 0.528. The predicted octanol–water partition coefficient (Wildman–Crippen LogP) is 7.35. The van der Waals surface area contributed by atoms with Gasteiger partial charge in [-0.05, 0) is 121 Å². The molecule has 5 heteroatoms. The Kier molecular flexibility index (Phi) is 7.44. The summed E-state index contributed by atoms with van der Waals surface area (Å²) in [6.07, 6.45) is 0.690. The molecular formula is C32H43NO4. The number of carbonyl (C=O) groups excluding carboxylic acids is 1. The van der Waals surface area contributed by atoms with Crippen molar-refractivity contribution < 1.29 is 14.3 Å². The van der Waals surface area contributed by atoms with E-state index in [1.807, 2.05) is 114 Å². The summed E-state index contributed by atoms with van der Waals surface area (Å²) in [7, 11) is 1.82. The fraction of sp³-hybridized carbons (Fsp3) is 0.500. The molecule has 200 valence electrons. The molecule has 0 spiro atoms. The molecule has 0 aliphatic carbocycles. The van der Waals surface area contributed by atoms with E-state index in [-0.39, 0.29) is 11.5 Å². The van der Waals surface area contributed by atoms with Gasteiger partial charge in [-0.1, -0.05) is 25.1 Å². The number of ether oxygens (including phenoxy) is 2. The smallest absolute Gasteiger partial charge is 0.312 e. The zero-order valence-corrected chi connectivity index (χ0v) is 24.7. The monoisotopic (exact) mass is 505 g/mol. The van der Waals surface area contributed by atoms with E-state index in [4.69, 9.17) is 9.47 Å². The Morgan fingerprint density at radius 3 is 1.95 bits per heavy atom. The zero-order chi connectivity index (χ0) is 28.1. The maximum Gasteiger partial charge on any atom is 0.312 e. The molecule has 1 heterocycles. The van der Waals surface area contributed by atoms with Crippen LogP contribution in [0.2, 0.25) is 0 Å². The summed E-state index contributed by atoms with van der Waals surface area (Å²) in [4.78, 5) is 26.3. The van der Waals surface area contributed by atoms with Gasteiger partial charge in [0, 0.05) is 12.6 Å². The van der Waals surface area contributed by atoms with Crippen LogP contribution in [0.15, 0.2) is 35.1 Å². The van der Waals surface area contributed by atoms with Crippen molar-refractivity contribution in [2.24, 2.45) is 12.5 Å². The Bertz CT molecular complexity index is 1390. The number of esters is 1. The van der Waals surface area contributed by atoms with Gasteiger partial charge in [-0.25, -0.2) is 0 Å². The maximum atomic E-state index is 13.4. The predicted molar refractivity (Wildman–Crippen MR) is 153 cm³/mol. The highest BCUT2D eigenvalue weighted by molar-refractivity contribution is 5.86. The maximum absolute atomic E-state index is 13.4. The second-order valence-corrected chi connectivity index (χ2v) is 11.9. The van der Waals surface area contributed by atoms with Crippen LogP contribution in [-0.4, -0.2) is 21.7 Å². The molecule has 2 aromatic carbocycles. The Morgan fingerprint density at radius 1 is 0.865 bits per heavy atom. The van der Waals surface area contributed by atoms with Gasteiger partial charge < -0.3 is 14.0 Å². The van der Waals surface area contributed by atoms with Crippen LogP contribution in [0.3, 0.4) is 0 Å². The lowest BCUT2D eigenvalue weighted by molar-refractivity contribution is -0.186. The Hall–Kier alpha value is -3.08. The number of aryl methyl sites for hydroxylation is 1. The Balaban J connectivity index is 2.11. The first kappa shape index (κ1) is 28.5. The van der Waals surface area contributed by atoms with Crippen LogP contribution >= 0.6 is 0 Å². The van der Waals surface area contributed by atoms with E-state index in [0.29, 0.717) is 12.0 Å². The number of fused-ring (bicyclic) bond motifs is 1. The number of nitrogens with zero attached hydrogens (tertiary/aromatic N) is 1. The molecular weight excluding hydrogens is 462 g/mol. The van der Waals surface area contributed by atoms with Crippen molar-refractivity contribution in [3.05, 3.63) is 62.9 Å². The molecule has 5 nitrogen and oxygen atoms in total. The van der Waals surface area contributed by atoms with Gasteiger partial charge in [-0.15, -0.1) is 0 Å². The summed E-state index contributed by atoms with van der Waals surface area (Å²) in [6.45, 7) is 21.6. The van der Waals surface area contributed by atoms with Crippen molar-refractivity contribution in [1.29, 1.82) is 0 Å². The fourth-order valence-electron chi connectivity index (χ4n) is 4.45. The average molecular weight is 506 g/mol. The van der Waals surface area contributed by atoms with Gasteiger partial charge in [-0.3, -0.25) is 9.59 Å². The van der Waals surface area contributed by atoms with Crippen molar-refractivity contribution in [3.8, 4) is 16.9 Å². The summed E-state index contributed by atoms with van der Waals surface area (Å²) < 4.78 is 14.4. The van der Waals surface area contributed by atoms with Crippen molar-refractivity contribution >= 4 is 16.9 Å². The molecule has 3 rings (SSSR count). The van der Waals surface area contributed by atoms with Crippen molar-refractivity contribution in [2.45, 2.75) is 93.8 Å². The summed E-state index contributed by atoms with van der Waals surface area (Å²) in [5, 5.41) is 1.02. The molecule has 0 atom stereocenters. The summed E-state index contributed by atoms with van der Waals surface area (Å²) in [6, 6.07) is 9.93. The molecule has 0 aliphatic heterocycles. The van der Waals surface area contributed by atoms with Crippen LogP contribution in [0.4, 0.5) is 0 Å². The molecule has 0 N–H and O–H groups in total. The Morgan fingerprint density at radius 2 is 1.41 bits per heavy atom. The Labute approximate surface area is 221 Å². The van der Waals surface area contributed by atoms with Gasteiger partial charge >= 0.3 is 5.97 Å². The third kappa shape index (κ3) is 4.93. The normalized spacial score (nSPS) is 12.6. The van der Waals surface area contributed by atoms with E-state index in [9.17, 15) is 9.59 Å². The van der Waals surface area contributed by atoms with Crippen molar-refractivity contribution in [1.82, 2.24) is 4.57 Å². The molecule has 0 unspecified atom stereocenters. The number of pyridine rings is 1. The minimum atomic E-state index is -0.885. The van der Waals surface area contributed by atoms with E-state index in [2.05, 4.69) is 0 Å². The number of para-hydroxylation sites is 1. The number of hydrogen-bond donors (Lipinski definition) is 0. The molecule has 1 aromatic heterocycles. The van der Waals surface area contributed by atoms with Crippen LogP contribution < -0.4 is 10.3 Å². The second kappa shape index (κ2) is 9.66. The van der Waals surface area contributed by atoms with Crippen LogP contribution in [0, 0.1) is 33.1 Å². The van der Waals surface area contributed by atoms with E-state index in [1.165, 1.54) is 0 Å². The average Bonchev–Trinajstić information content (AvgIpc) is 2.83. The second-order valence-electron chi connectivity index (χ2n) is 11.9. The zero-order valence-electron chi connectivity index (χ0n) is 24.7. The van der Waals surface area contributed by atoms with Gasteiger partial charge in [-0.2, -0.15) is 0 Å². The van der Waals surface area contributed by atoms with Crippen molar-refractivity contribution in [3.63, 3.8) is 0 Å². The van der Waals surface area contributed by atoms with Crippen molar-refractivity contribution in [2.75, 3.05) is 0 Å². The number of aromatic nitrogens is 1. The molecule has 0 fully saturated rings. The summed E-state index contributed by atoms with van der Waals surface area (Å²) in [5.41, 5.74) is 4.19. The highest BCUT2D eigenvalue weighted by atomic mass is 16.6. The minimum Gasteiger partial charge on any atom is -0.483 e. The molecule has 0 radical (unpaired) electrons. The third-order valence-electron chi connectivity index (χ3n) is 8.55. The van der Waals surface area contributed by atoms with Crippen LogP contribution in [0.5, 0.6) is 5.75 Å². The highest BCUT2D eigenvalue weighted by Gasteiger charge is 2.45. The van der Waals surface area contributed by atoms with E-state index < -0.39 is 16.6 Å². The summed E-state index contributed by atoms with van der Waals surface area (Å²) >= 11 is 0. The minimum absolute atomic E-state index is 0.0238. The van der Waals surface area contributed by atoms with Gasteiger partial charge in [0.2, 0.25) is 0 Å². The largest absolute Gasteiger partial charge is 0.483 e. The molecule has 0 amide bonds. The molecule has 3 aromatic rings. The number of benzene rings is 2. The quantitative estimate of drug-likeness (QED) is 0.315. The van der Waals surface area contributed by atoms with Crippen LogP contribution in [0.25, 0.3) is 22.0 Å². The van der Waals surface area contributed by atoms with Crippen LogP contribution in [0.1, 0.15) is 77.1 Å². The van der Waals surface area contributed by atoms with E-state index >= 15 is 0 Å². The molecule has 0 aliphatic rings. The number of rotatable bonds is 7. The first-order valence-electron chi connectivity index (χ1n) is 13.1. The molecule has 0 saturated carbocycles. The lowest BCUT2D eigenvalue weighted by atomic mass is 9.85. The first-order valence-corrected chi connectivity index (χ1v) is 13.1. The number of hydrogen-bond acceptors (Lipinski definition) is 4. The SMILES string of the molecule is CCC(C)(C)C(=O)OC(C)(C)C(C)(C)Oc1c(C)c(C)c(-c2cc3ccccc3n(C)c2=O)c(C)c1C. The van der Waals surface area contributed by atoms with Gasteiger partial charge in [0.1, 0.15) is 17.0 Å². The van der Waals surface area contributed by atoms with E-state index in [0.717, 1.165) is 44.5 Å². The number of carbonyl (C=O) groups is 1. The van der Waals surface area contributed by atoms with Gasteiger partial charge in [0.25, 0.3) is 5.56 Å². The molecule has 0 saturated heterocycles. The van der Waals surface area contributed by atoms with Crippen LogP contribution in [-0.2, 0) is 16.6 Å². The standard InChI is InChI=1S/C32H43NO4/c1-13-30(6,7)29(35)37-32(10,11)31(8,9)36-27-21(4)19(2)26(20(3)22(27)5)24-18-23-16-14-15-17-25(23)33(12)28(24)34/h14-18H,13H2,1-12H3. The lowest BCUT2D eigenvalue weighted by Crippen LogP contribution is -2.54. The highest BCUT2D eigenvalue weighted by Crippen LogP contribution is 2.42.